The highest BCUT2D eigenvalue weighted by atomic mass is 16.1. The molecule has 0 saturated carbocycles. The smallest absolute Gasteiger partial charge is 0.139 e. The van der Waals surface area contributed by atoms with E-state index < -0.39 is 0 Å². The van der Waals surface area contributed by atoms with Crippen LogP contribution in [0.2, 0.25) is 0 Å². The van der Waals surface area contributed by atoms with Gasteiger partial charge in [0.25, 0.3) is 0 Å². The number of carbonyl (C=O) groups excluding carboxylic acids is 1. The van der Waals surface area contributed by atoms with Crippen LogP contribution in [-0.4, -0.2) is 5.78 Å². The van der Waals surface area contributed by atoms with Gasteiger partial charge in [0.1, 0.15) is 5.78 Å². The molecule has 0 heterocycles. The van der Waals surface area contributed by atoms with E-state index >= 15 is 0 Å². The van der Waals surface area contributed by atoms with Crippen LogP contribution in [0.4, 0.5) is 0 Å². The first-order chi connectivity index (χ1) is 10.5. The maximum atomic E-state index is 12.8. The fraction of sp³-hybridized carbons (Fsp3) is 0.696. The molecular weight excluding hydrogens is 292 g/mol. The standard InChI is InChI=1S/C23H38O/c1-20(2,3)16-13-12-14-17(21(4,5)6)19(16)23(10,11)15-18(24)22(7,8)9/h12-14H,15H2,1-11H3. The number of rotatable bonds is 3. The molecule has 0 aliphatic heterocycles. The predicted octanol–water partition coefficient (Wildman–Crippen LogP) is 6.56. The molecule has 0 fully saturated rings. The maximum Gasteiger partial charge on any atom is 0.139 e. The van der Waals surface area contributed by atoms with Crippen molar-refractivity contribution in [2.24, 2.45) is 5.41 Å². The Labute approximate surface area is 150 Å². The van der Waals surface area contributed by atoms with Crippen molar-refractivity contribution < 1.29 is 4.79 Å². The second-order valence-corrected chi connectivity index (χ2v) is 11.0. The molecule has 0 radical (unpaired) electrons. The van der Waals surface area contributed by atoms with Crippen molar-refractivity contribution in [1.82, 2.24) is 0 Å². The molecule has 0 unspecified atom stereocenters. The van der Waals surface area contributed by atoms with Crippen molar-refractivity contribution in [2.45, 2.75) is 98.8 Å². The summed E-state index contributed by atoms with van der Waals surface area (Å²) in [5.74, 6) is 0.330. The zero-order chi connectivity index (χ0) is 19.1. The number of benzene rings is 1. The summed E-state index contributed by atoms with van der Waals surface area (Å²) in [4.78, 5) is 12.8. The summed E-state index contributed by atoms with van der Waals surface area (Å²) in [6.07, 6.45) is 0.576. The first-order valence-electron chi connectivity index (χ1n) is 9.16. The second kappa shape index (κ2) is 6.32. The molecule has 0 N–H and O–H groups in total. The number of hydrogen-bond acceptors (Lipinski definition) is 1. The molecule has 1 aromatic rings. The molecule has 1 aromatic carbocycles. The third-order valence-corrected chi connectivity index (χ3v) is 4.80. The van der Waals surface area contributed by atoms with Crippen LogP contribution in [0.1, 0.15) is 99.3 Å². The number of ketones is 1. The number of carbonyl (C=O) groups is 1. The van der Waals surface area contributed by atoms with Crippen LogP contribution in [-0.2, 0) is 21.0 Å². The van der Waals surface area contributed by atoms with Crippen molar-refractivity contribution in [3.63, 3.8) is 0 Å². The van der Waals surface area contributed by atoms with Crippen molar-refractivity contribution in [3.8, 4) is 0 Å². The minimum atomic E-state index is -0.296. The minimum absolute atomic E-state index is 0.0542. The van der Waals surface area contributed by atoms with Crippen molar-refractivity contribution in [1.29, 1.82) is 0 Å². The van der Waals surface area contributed by atoms with Crippen LogP contribution in [0.5, 0.6) is 0 Å². The molecule has 1 rings (SSSR count). The lowest BCUT2D eigenvalue weighted by Gasteiger charge is -2.38. The summed E-state index contributed by atoms with van der Waals surface area (Å²) < 4.78 is 0. The van der Waals surface area contributed by atoms with Crippen LogP contribution in [0.25, 0.3) is 0 Å². The van der Waals surface area contributed by atoms with Crippen molar-refractivity contribution in [3.05, 3.63) is 34.9 Å². The molecule has 1 heteroatoms. The van der Waals surface area contributed by atoms with E-state index in [1.165, 1.54) is 16.7 Å². The van der Waals surface area contributed by atoms with Gasteiger partial charge in [-0.15, -0.1) is 0 Å². The Balaban J connectivity index is 3.62. The van der Waals surface area contributed by atoms with Crippen LogP contribution >= 0.6 is 0 Å². The monoisotopic (exact) mass is 330 g/mol. The summed E-state index contributed by atoms with van der Waals surface area (Å²) >= 11 is 0. The van der Waals surface area contributed by atoms with Gasteiger partial charge in [0, 0.05) is 11.8 Å². The fourth-order valence-corrected chi connectivity index (χ4v) is 3.29. The quantitative estimate of drug-likeness (QED) is 0.613. The maximum absolute atomic E-state index is 12.8. The number of Topliss-reactive ketones (excluding diaryl/α,β-unsaturated/α-hetero) is 1. The predicted molar refractivity (Wildman–Crippen MR) is 106 cm³/mol. The summed E-state index contributed by atoms with van der Waals surface area (Å²) in [6, 6.07) is 6.66. The lowest BCUT2D eigenvalue weighted by atomic mass is 9.65. The van der Waals surface area contributed by atoms with Crippen molar-refractivity contribution in [2.75, 3.05) is 0 Å². The van der Waals surface area contributed by atoms with E-state index in [2.05, 4.69) is 73.6 Å². The Hall–Kier alpha value is -1.11. The van der Waals surface area contributed by atoms with Gasteiger partial charge in [-0.2, -0.15) is 0 Å². The summed E-state index contributed by atoms with van der Waals surface area (Å²) in [5.41, 5.74) is 3.72. The summed E-state index contributed by atoms with van der Waals surface area (Å²) in [5, 5.41) is 0. The molecular formula is C23H38O. The van der Waals surface area contributed by atoms with E-state index in [0.29, 0.717) is 12.2 Å². The Morgan fingerprint density at radius 2 is 1.12 bits per heavy atom. The van der Waals surface area contributed by atoms with Gasteiger partial charge in [-0.25, -0.2) is 0 Å². The Bertz CT molecular complexity index is 566. The Morgan fingerprint density at radius 1 is 0.750 bits per heavy atom. The van der Waals surface area contributed by atoms with E-state index in [9.17, 15) is 4.79 Å². The van der Waals surface area contributed by atoms with E-state index in [0.717, 1.165) is 0 Å². The Kier molecular flexibility index (Phi) is 5.51. The SMILES string of the molecule is CC(C)(C)C(=O)CC(C)(C)c1c(C(C)(C)C)cccc1C(C)(C)C. The van der Waals surface area contributed by atoms with Crippen LogP contribution < -0.4 is 0 Å². The third kappa shape index (κ3) is 4.71. The first kappa shape index (κ1) is 20.9. The van der Waals surface area contributed by atoms with Gasteiger partial charge in [-0.3, -0.25) is 4.79 Å². The number of hydrogen-bond donors (Lipinski definition) is 0. The van der Waals surface area contributed by atoms with E-state index in [1.807, 2.05) is 20.8 Å². The van der Waals surface area contributed by atoms with Crippen LogP contribution in [0.3, 0.4) is 0 Å². The zero-order valence-electron chi connectivity index (χ0n) is 17.8. The molecule has 0 aromatic heterocycles. The van der Waals surface area contributed by atoms with Gasteiger partial charge in [-0.1, -0.05) is 94.4 Å². The second-order valence-electron chi connectivity index (χ2n) is 11.0. The summed E-state index contributed by atoms with van der Waals surface area (Å²) in [6.45, 7) is 24.1. The molecule has 0 aliphatic rings. The molecule has 0 bridgehead atoms. The molecule has 0 amide bonds. The first-order valence-corrected chi connectivity index (χ1v) is 9.16. The summed E-state index contributed by atoms with van der Waals surface area (Å²) in [7, 11) is 0. The zero-order valence-corrected chi connectivity index (χ0v) is 17.8. The fourth-order valence-electron chi connectivity index (χ4n) is 3.29. The van der Waals surface area contributed by atoms with E-state index in [4.69, 9.17) is 0 Å². The van der Waals surface area contributed by atoms with Gasteiger partial charge in [0.15, 0.2) is 0 Å². The van der Waals surface area contributed by atoms with Gasteiger partial charge < -0.3 is 0 Å². The van der Waals surface area contributed by atoms with Gasteiger partial charge >= 0.3 is 0 Å². The van der Waals surface area contributed by atoms with E-state index in [-0.39, 0.29) is 21.7 Å². The lowest BCUT2D eigenvalue weighted by Crippen LogP contribution is -2.34. The molecule has 136 valence electrons. The molecule has 1 nitrogen and oxygen atoms in total. The van der Waals surface area contributed by atoms with Gasteiger partial charge in [-0.05, 0) is 32.9 Å². The highest BCUT2D eigenvalue weighted by molar-refractivity contribution is 5.85. The highest BCUT2D eigenvalue weighted by Crippen LogP contribution is 2.43. The molecule has 0 aliphatic carbocycles. The van der Waals surface area contributed by atoms with Crippen LogP contribution in [0, 0.1) is 5.41 Å². The van der Waals surface area contributed by atoms with Gasteiger partial charge in [0.2, 0.25) is 0 Å². The van der Waals surface area contributed by atoms with E-state index in [1.54, 1.807) is 0 Å². The topological polar surface area (TPSA) is 17.1 Å². The van der Waals surface area contributed by atoms with Crippen molar-refractivity contribution >= 4 is 5.78 Å². The minimum Gasteiger partial charge on any atom is -0.299 e. The van der Waals surface area contributed by atoms with Crippen LogP contribution in [0.15, 0.2) is 18.2 Å². The average molecular weight is 331 g/mol. The normalized spacial score (nSPS) is 14.0. The molecule has 0 saturated heterocycles. The third-order valence-electron chi connectivity index (χ3n) is 4.80. The van der Waals surface area contributed by atoms with Gasteiger partial charge in [0.05, 0.1) is 0 Å². The molecule has 0 atom stereocenters. The Morgan fingerprint density at radius 3 is 1.42 bits per heavy atom. The molecule has 0 spiro atoms. The largest absolute Gasteiger partial charge is 0.299 e. The lowest BCUT2D eigenvalue weighted by molar-refractivity contribution is -0.127. The highest BCUT2D eigenvalue weighted by Gasteiger charge is 2.37. The molecule has 24 heavy (non-hydrogen) atoms. The average Bonchev–Trinajstić information content (AvgIpc) is 2.34.